The molecular weight excluding hydrogens is 372 g/mol. The van der Waals surface area contributed by atoms with Gasteiger partial charge in [0.1, 0.15) is 11.3 Å². The zero-order valence-electron chi connectivity index (χ0n) is 19.5. The van der Waals surface area contributed by atoms with E-state index in [1.807, 2.05) is 19.1 Å². The summed E-state index contributed by atoms with van der Waals surface area (Å²) in [5.74, 6) is -0.467. The standard InChI is InChI=1S/C27H44O3/c1-3-5-6-7-8-9-10-11-12-13-14-15-16-17-18-19-23-30-26-24(4-2)21-20-22-25(26)27(28)29/h19-23H,3-18H2,1-2H3,(H,28,29). The van der Waals surface area contributed by atoms with E-state index in [9.17, 15) is 9.90 Å². The third-order valence-electron chi connectivity index (χ3n) is 5.71. The third-order valence-corrected chi connectivity index (χ3v) is 5.71. The number of ether oxygens (including phenoxy) is 1. The molecule has 0 aliphatic carbocycles. The number of hydrogen-bond donors (Lipinski definition) is 1. The van der Waals surface area contributed by atoms with E-state index in [2.05, 4.69) is 6.92 Å². The molecule has 0 amide bonds. The van der Waals surface area contributed by atoms with Crippen molar-refractivity contribution in [2.45, 2.75) is 117 Å². The number of hydrogen-bond acceptors (Lipinski definition) is 2. The molecule has 0 heterocycles. The number of carboxylic acid groups (broad SMARTS) is 1. The maximum absolute atomic E-state index is 11.4. The number of allylic oxidation sites excluding steroid dienone is 1. The number of unbranched alkanes of at least 4 members (excludes halogenated alkanes) is 14. The number of para-hydroxylation sites is 1. The lowest BCUT2D eigenvalue weighted by Gasteiger charge is -2.09. The van der Waals surface area contributed by atoms with E-state index in [4.69, 9.17) is 4.74 Å². The van der Waals surface area contributed by atoms with E-state index >= 15 is 0 Å². The molecule has 1 rings (SSSR count). The Kier molecular flexibility index (Phi) is 15.8. The lowest BCUT2D eigenvalue weighted by molar-refractivity contribution is 0.0694. The number of benzene rings is 1. The van der Waals surface area contributed by atoms with E-state index in [0.29, 0.717) is 5.75 Å². The zero-order valence-corrected chi connectivity index (χ0v) is 19.5. The molecule has 0 fully saturated rings. The van der Waals surface area contributed by atoms with Crippen LogP contribution in [0.4, 0.5) is 0 Å². The molecule has 0 aliphatic rings. The number of aryl methyl sites for hydroxylation is 1. The van der Waals surface area contributed by atoms with Crippen LogP contribution in [0.2, 0.25) is 0 Å². The Hall–Kier alpha value is -1.77. The molecule has 0 unspecified atom stereocenters. The van der Waals surface area contributed by atoms with E-state index in [1.54, 1.807) is 18.4 Å². The van der Waals surface area contributed by atoms with Gasteiger partial charge >= 0.3 is 5.97 Å². The topological polar surface area (TPSA) is 46.5 Å². The second kappa shape index (κ2) is 18.0. The summed E-state index contributed by atoms with van der Waals surface area (Å²) in [6, 6.07) is 5.29. The number of rotatable bonds is 19. The van der Waals surface area contributed by atoms with Crippen molar-refractivity contribution in [3.8, 4) is 5.75 Å². The number of aromatic carboxylic acids is 1. The normalized spacial score (nSPS) is 11.3. The Morgan fingerprint density at radius 3 is 1.87 bits per heavy atom. The molecule has 1 N–H and O–H groups in total. The van der Waals surface area contributed by atoms with Crippen LogP contribution in [0.15, 0.2) is 30.5 Å². The van der Waals surface area contributed by atoms with Crippen LogP contribution in [0, 0.1) is 0 Å². The van der Waals surface area contributed by atoms with Crippen LogP contribution in [0.1, 0.15) is 126 Å². The second-order valence-corrected chi connectivity index (χ2v) is 8.33. The zero-order chi connectivity index (χ0) is 21.9. The van der Waals surface area contributed by atoms with Gasteiger partial charge in [-0.1, -0.05) is 109 Å². The average Bonchev–Trinajstić information content (AvgIpc) is 2.75. The first-order valence-corrected chi connectivity index (χ1v) is 12.4. The molecular formula is C27H44O3. The first kappa shape index (κ1) is 26.3. The van der Waals surface area contributed by atoms with Crippen LogP contribution in [0.5, 0.6) is 5.75 Å². The van der Waals surface area contributed by atoms with Gasteiger partial charge in [0.05, 0.1) is 6.26 Å². The molecule has 0 spiro atoms. The summed E-state index contributed by atoms with van der Waals surface area (Å²) in [6.07, 6.45) is 24.5. The Bertz CT molecular complexity index is 592. The van der Waals surface area contributed by atoms with Crippen molar-refractivity contribution in [2.75, 3.05) is 0 Å². The minimum atomic E-state index is -0.944. The molecule has 0 aliphatic heterocycles. The maximum atomic E-state index is 11.4. The van der Waals surface area contributed by atoms with Crippen molar-refractivity contribution in [2.24, 2.45) is 0 Å². The van der Waals surface area contributed by atoms with Gasteiger partial charge in [-0.15, -0.1) is 0 Å². The fraction of sp³-hybridized carbons (Fsp3) is 0.667. The highest BCUT2D eigenvalue weighted by atomic mass is 16.5. The molecule has 0 radical (unpaired) electrons. The molecule has 170 valence electrons. The van der Waals surface area contributed by atoms with Gasteiger partial charge in [0, 0.05) is 0 Å². The highest BCUT2D eigenvalue weighted by Crippen LogP contribution is 2.25. The molecule has 0 saturated carbocycles. The van der Waals surface area contributed by atoms with Crippen LogP contribution in [0.3, 0.4) is 0 Å². The quantitative estimate of drug-likeness (QED) is 0.181. The predicted octanol–water partition coefficient (Wildman–Crippen LogP) is 8.71. The Labute approximate surface area is 184 Å². The van der Waals surface area contributed by atoms with Crippen molar-refractivity contribution >= 4 is 5.97 Å². The van der Waals surface area contributed by atoms with E-state index in [1.165, 1.54) is 89.9 Å². The van der Waals surface area contributed by atoms with Crippen LogP contribution in [-0.2, 0) is 6.42 Å². The molecule has 3 heteroatoms. The summed E-state index contributed by atoms with van der Waals surface area (Å²) in [5, 5.41) is 9.33. The summed E-state index contributed by atoms with van der Waals surface area (Å²) in [5.41, 5.74) is 1.16. The smallest absolute Gasteiger partial charge is 0.339 e. The first-order chi connectivity index (χ1) is 14.7. The van der Waals surface area contributed by atoms with Crippen LogP contribution in [0.25, 0.3) is 0 Å². The summed E-state index contributed by atoms with van der Waals surface area (Å²) < 4.78 is 5.68. The molecule has 0 atom stereocenters. The molecule has 1 aromatic rings. The maximum Gasteiger partial charge on any atom is 0.339 e. The van der Waals surface area contributed by atoms with Gasteiger partial charge in [-0.05, 0) is 37.0 Å². The van der Waals surface area contributed by atoms with Gasteiger partial charge in [-0.3, -0.25) is 0 Å². The molecule has 0 saturated heterocycles. The number of carbonyl (C=O) groups is 1. The van der Waals surface area contributed by atoms with Crippen LogP contribution >= 0.6 is 0 Å². The van der Waals surface area contributed by atoms with E-state index < -0.39 is 5.97 Å². The van der Waals surface area contributed by atoms with Gasteiger partial charge in [0.15, 0.2) is 0 Å². The minimum absolute atomic E-state index is 0.232. The van der Waals surface area contributed by atoms with Gasteiger partial charge in [-0.2, -0.15) is 0 Å². The second-order valence-electron chi connectivity index (χ2n) is 8.33. The summed E-state index contributed by atoms with van der Waals surface area (Å²) in [7, 11) is 0. The summed E-state index contributed by atoms with van der Waals surface area (Å²) in [6.45, 7) is 4.28. The summed E-state index contributed by atoms with van der Waals surface area (Å²) >= 11 is 0. The third kappa shape index (κ3) is 12.0. The van der Waals surface area contributed by atoms with Crippen LogP contribution < -0.4 is 4.74 Å². The van der Waals surface area contributed by atoms with Crippen molar-refractivity contribution < 1.29 is 14.6 Å². The minimum Gasteiger partial charge on any atom is -0.478 e. The average molecular weight is 417 g/mol. The van der Waals surface area contributed by atoms with Crippen LogP contribution in [-0.4, -0.2) is 11.1 Å². The van der Waals surface area contributed by atoms with Gasteiger partial charge in [-0.25, -0.2) is 4.79 Å². The Morgan fingerprint density at radius 2 is 1.37 bits per heavy atom. The molecule has 3 nitrogen and oxygen atoms in total. The van der Waals surface area contributed by atoms with Crippen molar-refractivity contribution in [3.05, 3.63) is 41.7 Å². The monoisotopic (exact) mass is 416 g/mol. The largest absolute Gasteiger partial charge is 0.478 e. The Morgan fingerprint density at radius 1 is 0.833 bits per heavy atom. The summed E-state index contributed by atoms with van der Waals surface area (Å²) in [4.78, 5) is 11.4. The Balaban J connectivity index is 2.01. The van der Waals surface area contributed by atoms with Crippen molar-refractivity contribution in [1.29, 1.82) is 0 Å². The highest BCUT2D eigenvalue weighted by molar-refractivity contribution is 5.91. The van der Waals surface area contributed by atoms with Gasteiger partial charge < -0.3 is 9.84 Å². The molecule has 0 bridgehead atoms. The lowest BCUT2D eigenvalue weighted by atomic mass is 10.0. The van der Waals surface area contributed by atoms with Gasteiger partial charge in [0.25, 0.3) is 0 Å². The number of carboxylic acids is 1. The fourth-order valence-corrected chi connectivity index (χ4v) is 3.81. The van der Waals surface area contributed by atoms with E-state index in [-0.39, 0.29) is 5.56 Å². The SMILES string of the molecule is CCCCCCCCCCCCCCCCC=COc1c(CC)cccc1C(=O)O. The fourth-order valence-electron chi connectivity index (χ4n) is 3.81. The predicted molar refractivity (Wildman–Crippen MR) is 127 cm³/mol. The van der Waals surface area contributed by atoms with Crippen molar-refractivity contribution in [1.82, 2.24) is 0 Å². The van der Waals surface area contributed by atoms with E-state index in [0.717, 1.165) is 18.4 Å². The highest BCUT2D eigenvalue weighted by Gasteiger charge is 2.13. The molecule has 0 aromatic heterocycles. The van der Waals surface area contributed by atoms with Crippen molar-refractivity contribution in [3.63, 3.8) is 0 Å². The lowest BCUT2D eigenvalue weighted by Crippen LogP contribution is -2.02. The van der Waals surface area contributed by atoms with Gasteiger partial charge in [0.2, 0.25) is 0 Å². The molecule has 1 aromatic carbocycles. The first-order valence-electron chi connectivity index (χ1n) is 12.4. The molecule has 30 heavy (non-hydrogen) atoms.